The number of piperidine rings is 3. The third-order valence-electron chi connectivity index (χ3n) is 20.2. The molecule has 564 valence electrons. The Morgan fingerprint density at radius 1 is 0.500 bits per heavy atom. The van der Waals surface area contributed by atoms with Gasteiger partial charge in [0.15, 0.2) is 40.6 Å². The minimum atomic E-state index is -0.611. The molecule has 0 bridgehead atoms. The van der Waals surface area contributed by atoms with E-state index in [1.54, 1.807) is 111 Å². The number of anilines is 11. The van der Waals surface area contributed by atoms with E-state index in [9.17, 15) is 19.2 Å². The van der Waals surface area contributed by atoms with E-state index >= 15 is 0 Å². The molecule has 3 saturated heterocycles. The minimum Gasteiger partial charge on any atom is -0.480 e. The predicted molar refractivity (Wildman–Crippen MR) is 433 cm³/mol. The maximum atomic E-state index is 12.8. The fourth-order valence-corrected chi connectivity index (χ4v) is 13.8. The molecule has 5 N–H and O–H groups in total. The first-order valence-electron chi connectivity index (χ1n) is 36.6. The van der Waals surface area contributed by atoms with Crippen molar-refractivity contribution in [1.82, 2.24) is 63.5 Å². The second-order valence-corrected chi connectivity index (χ2v) is 30.2. The number of carbonyl (C=O) groups is 1. The zero-order chi connectivity index (χ0) is 76.6. The molecule has 0 spiro atoms. The molecular formula is C79H92Cl3N21O5. The quantitative estimate of drug-likeness (QED) is 0.0474. The first kappa shape index (κ1) is 77.1. The van der Waals surface area contributed by atoms with Gasteiger partial charge in [0.2, 0.25) is 17.8 Å². The van der Waals surface area contributed by atoms with Gasteiger partial charge in [0.05, 0.1) is 46.2 Å². The van der Waals surface area contributed by atoms with Gasteiger partial charge in [-0.1, -0.05) is 68.9 Å². The number of fused-ring (bicyclic) bond motifs is 3. The van der Waals surface area contributed by atoms with Crippen LogP contribution in [0, 0.1) is 17.8 Å². The highest BCUT2D eigenvalue weighted by Gasteiger charge is 2.29. The number of hydrogen-bond donors (Lipinski definition) is 5. The molecule has 26 nitrogen and oxygen atoms in total. The summed E-state index contributed by atoms with van der Waals surface area (Å²) in [6, 6.07) is 25.7. The van der Waals surface area contributed by atoms with E-state index in [0.717, 1.165) is 139 Å². The van der Waals surface area contributed by atoms with Crippen molar-refractivity contribution in [3.63, 3.8) is 0 Å². The van der Waals surface area contributed by atoms with Crippen LogP contribution in [0.2, 0.25) is 15.1 Å². The lowest BCUT2D eigenvalue weighted by atomic mass is 9.95. The van der Waals surface area contributed by atoms with E-state index in [4.69, 9.17) is 49.5 Å². The largest absolute Gasteiger partial charge is 0.480 e. The smallest absolute Gasteiger partial charge is 0.293 e. The fourth-order valence-electron chi connectivity index (χ4n) is 13.4. The van der Waals surface area contributed by atoms with Crippen molar-refractivity contribution >= 4 is 137 Å². The molecule has 8 aromatic heterocycles. The lowest BCUT2D eigenvalue weighted by molar-refractivity contribution is -0.120. The summed E-state index contributed by atoms with van der Waals surface area (Å²) in [4.78, 5) is 101. The first-order valence-corrected chi connectivity index (χ1v) is 37.8. The number of rotatable bonds is 20. The van der Waals surface area contributed by atoms with E-state index in [1.807, 2.05) is 82.3 Å². The number of ketones is 1. The summed E-state index contributed by atoms with van der Waals surface area (Å²) in [5.74, 6) is 7.18. The van der Waals surface area contributed by atoms with Crippen LogP contribution < -0.4 is 62.7 Å². The maximum absolute atomic E-state index is 12.8. The third kappa shape index (κ3) is 18.2. The molecule has 29 heteroatoms. The van der Waals surface area contributed by atoms with Crippen LogP contribution in [0.5, 0.6) is 5.75 Å². The van der Waals surface area contributed by atoms with E-state index < -0.39 is 11.1 Å². The normalized spacial score (nSPS) is 14.6. The van der Waals surface area contributed by atoms with Crippen molar-refractivity contribution in [2.75, 3.05) is 87.2 Å². The summed E-state index contributed by atoms with van der Waals surface area (Å²) < 4.78 is 10.3. The van der Waals surface area contributed by atoms with Crippen LogP contribution in [0.25, 0.3) is 32.7 Å². The predicted octanol–water partition coefficient (Wildman–Crippen LogP) is 14.9. The van der Waals surface area contributed by atoms with Crippen molar-refractivity contribution in [1.29, 1.82) is 0 Å². The molecular weight excluding hydrogens is 1430 g/mol. The molecule has 3 aliphatic rings. The number of nitrogens with zero attached hydrogens (tertiary/aromatic N) is 16. The van der Waals surface area contributed by atoms with Crippen LogP contribution in [-0.4, -0.2) is 115 Å². The van der Waals surface area contributed by atoms with Gasteiger partial charge < -0.3 is 59.7 Å². The van der Waals surface area contributed by atoms with E-state index in [2.05, 4.69) is 102 Å². The van der Waals surface area contributed by atoms with Crippen LogP contribution in [0.15, 0.2) is 143 Å². The Balaban J connectivity index is 0.000000152. The topological polar surface area (TPSA) is 291 Å². The SMILES string of the molecule is CC1CCN(c2ncc(Cl)c(Nc3ccc4c(c3)c(NC(C)(C)c3ncccn3)cc(=O)n4C)n2)CC1.CCC(=O)COc1cc2cc(Nc3nc(N4CCC(C)CC4)ncc3Cl)ccc2n(C)c1=O.CCC1CCN(c2ncc(Cl)c(Nc3ccc4c(c3)c(NC(C)(C)c3ncccn3)cc(=O)n4C)n2)CC1. The lowest BCUT2D eigenvalue weighted by Crippen LogP contribution is -2.34. The summed E-state index contributed by atoms with van der Waals surface area (Å²) in [6.45, 7) is 22.0. The molecule has 0 amide bonds. The van der Waals surface area contributed by atoms with Gasteiger partial charge in [-0.2, -0.15) is 15.0 Å². The van der Waals surface area contributed by atoms with Crippen molar-refractivity contribution in [3.05, 3.63) is 186 Å². The number of halogens is 3. The van der Waals surface area contributed by atoms with Crippen LogP contribution in [0.1, 0.15) is 118 Å². The van der Waals surface area contributed by atoms with Gasteiger partial charge in [-0.25, -0.2) is 34.9 Å². The van der Waals surface area contributed by atoms with Crippen molar-refractivity contribution in [2.24, 2.45) is 38.9 Å². The number of ether oxygens (including phenoxy) is 1. The fraction of sp³-hybridized carbons (Fsp3) is 0.392. The van der Waals surface area contributed by atoms with Gasteiger partial charge in [-0.05, 0) is 157 Å². The summed E-state index contributed by atoms with van der Waals surface area (Å²) in [5.41, 5.74) is 4.34. The molecule has 11 aromatic rings. The number of carbonyl (C=O) groups excluding carboxylic acids is 1. The van der Waals surface area contributed by atoms with E-state index in [0.29, 0.717) is 85.7 Å². The first-order chi connectivity index (χ1) is 51.8. The molecule has 0 radical (unpaired) electrons. The zero-order valence-electron chi connectivity index (χ0n) is 62.8. The Morgan fingerprint density at radius 3 is 1.27 bits per heavy atom. The Hall–Kier alpha value is -10.6. The average Bonchev–Trinajstić information content (AvgIpc) is 0.781. The minimum absolute atomic E-state index is 0.0649. The monoisotopic (exact) mass is 1520 g/mol. The van der Waals surface area contributed by atoms with Crippen LogP contribution in [0.3, 0.4) is 0 Å². The van der Waals surface area contributed by atoms with Gasteiger partial charge in [0.1, 0.15) is 21.7 Å². The Labute approximate surface area is 642 Å². The standard InChI is InChI=1S/C28H33ClN8O.C27H31ClN8O.C24H28ClN5O3/c1-5-18-9-13-37(14-10-18)27-32-17-21(29)25(34-27)33-19-7-8-23-20(15-19)22(16-24(38)36(23)4)35-28(2,3)26-30-11-6-12-31-26;1-17-8-12-36(13-9-17)26-31-16-20(28)24(33-26)32-18-6-7-22-19(14-18)21(15-23(37)35(22)4)34-27(2,3)25-29-10-5-11-30-25;1-4-18(31)14-33-21-12-16-11-17(5-6-20(16)29(3)23(21)32)27-22-19(25)13-26-24(28-22)30-9-7-15(2)8-10-30/h6-8,11-12,15-18,35H,5,9-10,13-14H2,1-4H3,(H,32,33,34);5-7,10-11,14-17,34H,8-9,12-13H2,1-4H3,(H,31,32,33);5-6,11-13,15H,4,7-10,14H2,1-3H3,(H,26,27,28). The van der Waals surface area contributed by atoms with Gasteiger partial charge >= 0.3 is 0 Å². The summed E-state index contributed by atoms with van der Waals surface area (Å²) in [5, 5.41) is 20.8. The Morgan fingerprint density at radius 2 is 0.880 bits per heavy atom. The van der Waals surface area contributed by atoms with Crippen molar-refractivity contribution < 1.29 is 9.53 Å². The third-order valence-corrected chi connectivity index (χ3v) is 21.0. The lowest BCUT2D eigenvalue weighted by Gasteiger charge is -2.31. The van der Waals surface area contributed by atoms with E-state index in [-0.39, 0.29) is 34.8 Å². The zero-order valence-corrected chi connectivity index (χ0v) is 65.1. The van der Waals surface area contributed by atoms with Crippen LogP contribution >= 0.6 is 34.8 Å². The molecule has 0 aliphatic carbocycles. The Kier molecular flexibility index (Phi) is 24.0. The highest BCUT2D eigenvalue weighted by atomic mass is 35.5. The highest BCUT2D eigenvalue weighted by molar-refractivity contribution is 6.33. The number of Topliss-reactive ketones (excluding diaryl/α,β-unsaturated/α-hetero) is 1. The van der Waals surface area contributed by atoms with Crippen molar-refractivity contribution in [2.45, 2.75) is 118 Å². The molecule has 0 saturated carbocycles. The molecule has 0 atom stereocenters. The number of hydrogen-bond acceptors (Lipinski definition) is 23. The number of benzene rings is 3. The van der Waals surface area contributed by atoms with Gasteiger partial charge in [0, 0.05) is 148 Å². The van der Waals surface area contributed by atoms with E-state index in [1.165, 1.54) is 11.0 Å². The molecule has 108 heavy (non-hydrogen) atoms. The van der Waals surface area contributed by atoms with Crippen LogP contribution in [0.4, 0.5) is 63.7 Å². The molecule has 14 rings (SSSR count). The number of aryl methyl sites for hydroxylation is 3. The summed E-state index contributed by atoms with van der Waals surface area (Å²) in [7, 11) is 5.21. The molecule has 3 fully saturated rings. The average molecular weight is 1520 g/mol. The molecule has 3 aliphatic heterocycles. The molecule has 11 heterocycles. The highest BCUT2D eigenvalue weighted by Crippen LogP contribution is 2.37. The van der Waals surface area contributed by atoms with Crippen molar-refractivity contribution in [3.8, 4) is 5.75 Å². The number of pyridine rings is 3. The van der Waals surface area contributed by atoms with Gasteiger partial charge in [0.25, 0.3) is 16.7 Å². The summed E-state index contributed by atoms with van der Waals surface area (Å²) >= 11 is 19.4. The maximum Gasteiger partial charge on any atom is 0.293 e. The Bertz CT molecular complexity index is 5240. The molecule has 0 unspecified atom stereocenters. The van der Waals surface area contributed by atoms with Gasteiger partial charge in [-0.3, -0.25) is 19.2 Å². The molecule has 3 aromatic carbocycles. The number of nitrogens with one attached hydrogen (secondary N) is 5. The number of aromatic nitrogens is 13. The van der Waals surface area contributed by atoms with Crippen LogP contribution in [-0.2, 0) is 37.0 Å². The summed E-state index contributed by atoms with van der Waals surface area (Å²) in [6.07, 6.45) is 20.1. The van der Waals surface area contributed by atoms with Gasteiger partial charge in [-0.15, -0.1) is 0 Å². The second kappa shape index (κ2) is 33.7. The second-order valence-electron chi connectivity index (χ2n) is 29.0.